The maximum Gasteiger partial charge on any atom is 0.307 e. The highest BCUT2D eigenvalue weighted by atomic mass is 35.5. The third-order valence-corrected chi connectivity index (χ3v) is 2.70. The van der Waals surface area contributed by atoms with Crippen molar-refractivity contribution >= 4 is 28.3 Å². The average molecular weight is 258 g/mol. The molecular weight excluding hydrogens is 249 g/mol. The van der Waals surface area contributed by atoms with Crippen molar-refractivity contribution in [2.24, 2.45) is 0 Å². The summed E-state index contributed by atoms with van der Waals surface area (Å²) < 4.78 is 15.0. The fraction of sp³-hybridized carbons (Fsp3) is 0.300. The minimum absolute atomic E-state index is 0.210. The van der Waals surface area contributed by atoms with Crippen LogP contribution in [0.1, 0.15) is 13.3 Å². The Kier molecular flexibility index (Phi) is 2.97. The van der Waals surface area contributed by atoms with Crippen molar-refractivity contribution in [1.29, 1.82) is 0 Å². The molecule has 1 heterocycles. The summed E-state index contributed by atoms with van der Waals surface area (Å²) in [4.78, 5) is 13.8. The average Bonchev–Trinajstić information content (AvgIpc) is 2.54. The van der Waals surface area contributed by atoms with Crippen molar-refractivity contribution in [3.8, 4) is 0 Å². The summed E-state index contributed by atoms with van der Waals surface area (Å²) in [5, 5.41) is 10.9. The largest absolute Gasteiger partial charge is 0.314 e. The number of nitro benzene ring substituents is 1. The molecular formula is C10H9ClFN3O2. The van der Waals surface area contributed by atoms with Crippen LogP contribution >= 0.6 is 11.6 Å². The van der Waals surface area contributed by atoms with Crippen molar-refractivity contribution in [2.75, 3.05) is 0 Å². The standard InChI is InChI=1S/C10H9ClFN3O2/c1-2-3-14-9-5-8(15(16)17)6(12)4-7(9)13-10(14)11/h4-5H,2-3H2,1H3. The molecule has 0 aliphatic carbocycles. The summed E-state index contributed by atoms with van der Waals surface area (Å²) in [5.74, 6) is -0.902. The van der Waals surface area contributed by atoms with Crippen LogP contribution in [0.2, 0.25) is 5.28 Å². The first kappa shape index (κ1) is 11.8. The SMILES string of the molecule is CCCn1c(Cl)nc2cc(F)c([N+](=O)[O-])cc21. The number of halogens is 2. The van der Waals surface area contributed by atoms with Gasteiger partial charge in [-0.1, -0.05) is 6.92 Å². The molecule has 90 valence electrons. The number of nitrogens with zero attached hydrogens (tertiary/aromatic N) is 3. The summed E-state index contributed by atoms with van der Waals surface area (Å²) in [6, 6.07) is 2.20. The number of rotatable bonds is 3. The fourth-order valence-corrected chi connectivity index (χ4v) is 1.95. The van der Waals surface area contributed by atoms with E-state index in [1.54, 1.807) is 4.57 Å². The van der Waals surface area contributed by atoms with Gasteiger partial charge in [-0.15, -0.1) is 0 Å². The van der Waals surface area contributed by atoms with Gasteiger partial charge in [-0.2, -0.15) is 4.39 Å². The van der Waals surface area contributed by atoms with Gasteiger partial charge in [0, 0.05) is 18.7 Å². The molecule has 2 rings (SSSR count). The van der Waals surface area contributed by atoms with E-state index in [-0.39, 0.29) is 5.28 Å². The Morgan fingerprint density at radius 1 is 1.59 bits per heavy atom. The lowest BCUT2D eigenvalue weighted by atomic mass is 10.2. The van der Waals surface area contributed by atoms with Gasteiger partial charge in [0.1, 0.15) is 0 Å². The van der Waals surface area contributed by atoms with Crippen LogP contribution in [0.5, 0.6) is 0 Å². The van der Waals surface area contributed by atoms with Gasteiger partial charge < -0.3 is 4.57 Å². The second kappa shape index (κ2) is 4.29. The molecule has 1 aromatic carbocycles. The number of imidazole rings is 1. The van der Waals surface area contributed by atoms with Crippen LogP contribution in [0.3, 0.4) is 0 Å². The third-order valence-electron chi connectivity index (χ3n) is 2.41. The van der Waals surface area contributed by atoms with E-state index in [0.29, 0.717) is 17.6 Å². The van der Waals surface area contributed by atoms with Gasteiger partial charge >= 0.3 is 5.69 Å². The first-order chi connectivity index (χ1) is 8.04. The first-order valence-corrected chi connectivity index (χ1v) is 5.42. The lowest BCUT2D eigenvalue weighted by molar-refractivity contribution is -0.387. The molecule has 0 aliphatic heterocycles. The van der Waals surface area contributed by atoms with Crippen LogP contribution in [0.25, 0.3) is 11.0 Å². The molecule has 0 atom stereocenters. The number of aromatic nitrogens is 2. The number of benzene rings is 1. The zero-order valence-electron chi connectivity index (χ0n) is 8.98. The van der Waals surface area contributed by atoms with Crippen molar-refractivity contribution < 1.29 is 9.31 Å². The predicted octanol–water partition coefficient (Wildman–Crippen LogP) is 3.15. The van der Waals surface area contributed by atoms with Gasteiger partial charge in [0.25, 0.3) is 0 Å². The molecule has 5 nitrogen and oxygen atoms in total. The second-order valence-electron chi connectivity index (χ2n) is 3.58. The smallest absolute Gasteiger partial charge is 0.307 e. The fourth-order valence-electron chi connectivity index (χ4n) is 1.68. The van der Waals surface area contributed by atoms with E-state index in [1.165, 1.54) is 6.07 Å². The summed E-state index contributed by atoms with van der Waals surface area (Å²) in [6.07, 6.45) is 0.802. The Labute approximate surface area is 101 Å². The van der Waals surface area contributed by atoms with E-state index in [1.807, 2.05) is 6.92 Å². The van der Waals surface area contributed by atoms with E-state index in [2.05, 4.69) is 4.98 Å². The zero-order valence-corrected chi connectivity index (χ0v) is 9.74. The minimum Gasteiger partial charge on any atom is -0.314 e. The molecule has 0 saturated heterocycles. The second-order valence-corrected chi connectivity index (χ2v) is 3.92. The topological polar surface area (TPSA) is 61.0 Å². The van der Waals surface area contributed by atoms with E-state index < -0.39 is 16.4 Å². The Morgan fingerprint density at radius 3 is 2.88 bits per heavy atom. The van der Waals surface area contributed by atoms with Gasteiger partial charge in [-0.05, 0) is 18.0 Å². The van der Waals surface area contributed by atoms with E-state index in [0.717, 1.165) is 12.5 Å². The molecule has 7 heteroatoms. The molecule has 1 aromatic heterocycles. The first-order valence-electron chi connectivity index (χ1n) is 5.04. The van der Waals surface area contributed by atoms with Gasteiger partial charge in [-0.25, -0.2) is 4.98 Å². The molecule has 2 aromatic rings. The predicted molar refractivity (Wildman–Crippen MR) is 61.6 cm³/mol. The monoisotopic (exact) mass is 257 g/mol. The third kappa shape index (κ3) is 1.95. The quantitative estimate of drug-likeness (QED) is 0.627. The molecule has 0 radical (unpaired) electrons. The summed E-state index contributed by atoms with van der Waals surface area (Å²) in [7, 11) is 0. The maximum atomic E-state index is 13.4. The molecule has 0 N–H and O–H groups in total. The van der Waals surface area contributed by atoms with Crippen LogP contribution < -0.4 is 0 Å². The van der Waals surface area contributed by atoms with E-state index >= 15 is 0 Å². The maximum absolute atomic E-state index is 13.4. The van der Waals surface area contributed by atoms with Crippen LogP contribution in [0, 0.1) is 15.9 Å². The Bertz CT molecular complexity index is 597. The van der Waals surface area contributed by atoms with Crippen molar-refractivity contribution in [3.63, 3.8) is 0 Å². The Balaban J connectivity index is 2.72. The molecule has 0 amide bonds. The molecule has 17 heavy (non-hydrogen) atoms. The highest BCUT2D eigenvalue weighted by Crippen LogP contribution is 2.27. The molecule has 0 bridgehead atoms. The molecule has 0 spiro atoms. The van der Waals surface area contributed by atoms with Crippen LogP contribution in [0.4, 0.5) is 10.1 Å². The van der Waals surface area contributed by atoms with Crippen molar-refractivity contribution in [3.05, 3.63) is 33.3 Å². The number of hydrogen-bond acceptors (Lipinski definition) is 3. The Morgan fingerprint density at radius 2 is 2.29 bits per heavy atom. The van der Waals surface area contributed by atoms with Crippen molar-refractivity contribution in [1.82, 2.24) is 9.55 Å². The number of nitro groups is 1. The molecule has 0 fully saturated rings. The minimum atomic E-state index is -0.902. The van der Waals surface area contributed by atoms with Crippen molar-refractivity contribution in [2.45, 2.75) is 19.9 Å². The molecule has 0 saturated carbocycles. The van der Waals surface area contributed by atoms with E-state index in [9.17, 15) is 14.5 Å². The number of hydrogen-bond donors (Lipinski definition) is 0. The normalized spacial score (nSPS) is 11.0. The Hall–Kier alpha value is -1.69. The van der Waals surface area contributed by atoms with Gasteiger partial charge in [-0.3, -0.25) is 10.1 Å². The van der Waals surface area contributed by atoms with Gasteiger partial charge in [0.05, 0.1) is 16.0 Å². The highest BCUT2D eigenvalue weighted by Gasteiger charge is 2.19. The van der Waals surface area contributed by atoms with Crippen LogP contribution in [-0.2, 0) is 6.54 Å². The van der Waals surface area contributed by atoms with Gasteiger partial charge in [0.2, 0.25) is 11.1 Å². The highest BCUT2D eigenvalue weighted by molar-refractivity contribution is 6.29. The van der Waals surface area contributed by atoms with E-state index in [4.69, 9.17) is 11.6 Å². The molecule has 0 aliphatic rings. The lowest BCUT2D eigenvalue weighted by Crippen LogP contribution is -1.98. The van der Waals surface area contributed by atoms with Crippen LogP contribution in [-0.4, -0.2) is 14.5 Å². The zero-order chi connectivity index (χ0) is 12.6. The molecule has 0 unspecified atom stereocenters. The lowest BCUT2D eigenvalue weighted by Gasteiger charge is -2.02. The van der Waals surface area contributed by atoms with Gasteiger partial charge in [0.15, 0.2) is 0 Å². The summed E-state index contributed by atoms with van der Waals surface area (Å²) >= 11 is 5.89. The number of fused-ring (bicyclic) bond motifs is 1. The summed E-state index contributed by atoms with van der Waals surface area (Å²) in [5.41, 5.74) is 0.239. The van der Waals surface area contributed by atoms with Crippen LogP contribution in [0.15, 0.2) is 12.1 Å². The number of aryl methyl sites for hydroxylation is 1. The summed E-state index contributed by atoms with van der Waals surface area (Å²) in [6.45, 7) is 2.53.